The lowest BCUT2D eigenvalue weighted by molar-refractivity contribution is -0.116. The van der Waals surface area contributed by atoms with Crippen molar-refractivity contribution in [1.82, 2.24) is 0 Å². The van der Waals surface area contributed by atoms with Gasteiger partial charge in [0, 0.05) is 6.42 Å². The molecule has 1 aromatic rings. The predicted molar refractivity (Wildman–Crippen MR) is 48.4 cm³/mol. The van der Waals surface area contributed by atoms with Crippen molar-refractivity contribution in [3.8, 4) is 0 Å². The minimum atomic E-state index is -1.28. The van der Waals surface area contributed by atoms with Crippen molar-refractivity contribution in [1.29, 1.82) is 0 Å². The molecule has 0 saturated heterocycles. The predicted octanol–water partition coefficient (Wildman–Crippen LogP) is 3.00. The molecular weight excluding hydrogens is 261 g/mol. The summed E-state index contributed by atoms with van der Waals surface area (Å²) in [7, 11) is 0. The van der Waals surface area contributed by atoms with Crippen LogP contribution in [0.1, 0.15) is 12.5 Å². The van der Waals surface area contributed by atoms with Gasteiger partial charge in [0.2, 0.25) is 0 Å². The molecule has 0 saturated carbocycles. The maximum absolute atomic E-state index is 13.2. The van der Waals surface area contributed by atoms with Crippen molar-refractivity contribution in [3.63, 3.8) is 0 Å². The van der Waals surface area contributed by atoms with Gasteiger partial charge in [-0.15, -0.1) is 0 Å². The van der Waals surface area contributed by atoms with E-state index in [1.54, 1.807) is 0 Å². The summed E-state index contributed by atoms with van der Waals surface area (Å²) in [4.78, 5) is 10.7. The molecule has 0 amide bonds. The molecule has 0 aromatic heterocycles. The molecule has 0 aliphatic carbocycles. The first-order valence-corrected chi connectivity index (χ1v) is 4.54. The average molecular weight is 267 g/mol. The van der Waals surface area contributed by atoms with Crippen LogP contribution in [-0.2, 0) is 11.2 Å². The van der Waals surface area contributed by atoms with Crippen molar-refractivity contribution >= 4 is 21.7 Å². The Morgan fingerprint density at radius 2 is 1.93 bits per heavy atom. The van der Waals surface area contributed by atoms with Gasteiger partial charge in [-0.2, -0.15) is 0 Å². The molecule has 14 heavy (non-hydrogen) atoms. The third kappa shape index (κ3) is 2.15. The highest BCUT2D eigenvalue weighted by molar-refractivity contribution is 9.10. The van der Waals surface area contributed by atoms with Gasteiger partial charge in [-0.3, -0.25) is 4.79 Å². The van der Waals surface area contributed by atoms with Gasteiger partial charge in [0.1, 0.15) is 11.6 Å². The van der Waals surface area contributed by atoms with E-state index in [2.05, 4.69) is 15.9 Å². The Morgan fingerprint density at radius 3 is 2.43 bits per heavy atom. The molecular formula is C9H6BrF3O. The van der Waals surface area contributed by atoms with Gasteiger partial charge in [-0.25, -0.2) is 13.2 Å². The van der Waals surface area contributed by atoms with Crippen LogP contribution >= 0.6 is 15.9 Å². The molecule has 0 unspecified atom stereocenters. The third-order valence-corrected chi connectivity index (χ3v) is 2.31. The van der Waals surface area contributed by atoms with E-state index in [1.807, 2.05) is 0 Å². The van der Waals surface area contributed by atoms with Crippen LogP contribution in [0.4, 0.5) is 13.2 Å². The lowest BCUT2D eigenvalue weighted by Crippen LogP contribution is -2.03. The third-order valence-electron chi connectivity index (χ3n) is 1.62. The van der Waals surface area contributed by atoms with Crippen LogP contribution < -0.4 is 0 Å². The van der Waals surface area contributed by atoms with E-state index in [-0.39, 0.29) is 17.8 Å². The smallest absolute Gasteiger partial charge is 0.175 e. The molecule has 0 aliphatic rings. The summed E-state index contributed by atoms with van der Waals surface area (Å²) in [5, 5.41) is 0. The van der Waals surface area contributed by atoms with E-state index >= 15 is 0 Å². The molecule has 1 nitrogen and oxygen atoms in total. The summed E-state index contributed by atoms with van der Waals surface area (Å²) >= 11 is 2.57. The minimum Gasteiger partial charge on any atom is -0.300 e. The Hall–Kier alpha value is -0.840. The fraction of sp³-hybridized carbons (Fsp3) is 0.222. The van der Waals surface area contributed by atoms with Gasteiger partial charge >= 0.3 is 0 Å². The van der Waals surface area contributed by atoms with E-state index in [0.29, 0.717) is 6.07 Å². The number of hydrogen-bond acceptors (Lipinski definition) is 1. The fourth-order valence-electron chi connectivity index (χ4n) is 1.02. The Labute approximate surface area is 87.1 Å². The molecule has 1 rings (SSSR count). The van der Waals surface area contributed by atoms with Crippen molar-refractivity contribution < 1.29 is 18.0 Å². The number of Topliss-reactive ketones (excluding diaryl/α,β-unsaturated/α-hetero) is 1. The molecule has 0 bridgehead atoms. The molecule has 5 heteroatoms. The molecule has 0 fully saturated rings. The Kier molecular flexibility index (Phi) is 3.31. The monoisotopic (exact) mass is 266 g/mol. The van der Waals surface area contributed by atoms with Gasteiger partial charge in [-0.1, -0.05) is 0 Å². The van der Waals surface area contributed by atoms with Crippen molar-refractivity contribution in [3.05, 3.63) is 33.6 Å². The summed E-state index contributed by atoms with van der Waals surface area (Å²) < 4.78 is 38.2. The van der Waals surface area contributed by atoms with Crippen LogP contribution in [0.25, 0.3) is 0 Å². The van der Waals surface area contributed by atoms with Crippen LogP contribution in [0.15, 0.2) is 10.5 Å². The molecule has 0 aliphatic heterocycles. The second kappa shape index (κ2) is 4.13. The summed E-state index contributed by atoms with van der Waals surface area (Å²) in [6, 6.07) is 0.691. The largest absolute Gasteiger partial charge is 0.300 e. The first-order chi connectivity index (χ1) is 6.43. The number of carbonyl (C=O) groups excluding carboxylic acids is 1. The van der Waals surface area contributed by atoms with Gasteiger partial charge in [0.25, 0.3) is 0 Å². The first-order valence-electron chi connectivity index (χ1n) is 3.74. The van der Waals surface area contributed by atoms with Crippen LogP contribution in [0, 0.1) is 17.5 Å². The molecule has 0 N–H and O–H groups in total. The molecule has 76 valence electrons. The van der Waals surface area contributed by atoms with Crippen LogP contribution in [0.2, 0.25) is 0 Å². The lowest BCUT2D eigenvalue weighted by atomic mass is 10.1. The minimum absolute atomic E-state index is 0.150. The zero-order valence-corrected chi connectivity index (χ0v) is 8.79. The highest BCUT2D eigenvalue weighted by Crippen LogP contribution is 2.25. The Bertz CT molecular complexity index is 390. The van der Waals surface area contributed by atoms with Gasteiger partial charge in [-0.05, 0) is 34.5 Å². The summed E-state index contributed by atoms with van der Waals surface area (Å²) in [6.45, 7) is 1.24. The lowest BCUT2D eigenvalue weighted by Gasteiger charge is -2.04. The topological polar surface area (TPSA) is 17.1 Å². The average Bonchev–Trinajstić information content (AvgIpc) is 2.10. The van der Waals surface area contributed by atoms with Gasteiger partial charge in [0.05, 0.1) is 4.47 Å². The van der Waals surface area contributed by atoms with E-state index in [4.69, 9.17) is 0 Å². The standard InChI is InChI=1S/C9H6BrF3O/c1-4(14)2-5-3-6(11)9(13)7(10)8(5)12/h3H,2H2,1H3. The molecule has 0 heterocycles. The van der Waals surface area contributed by atoms with E-state index < -0.39 is 21.9 Å². The maximum Gasteiger partial charge on any atom is 0.175 e. The SMILES string of the molecule is CC(=O)Cc1cc(F)c(F)c(Br)c1F. The molecule has 0 radical (unpaired) electrons. The van der Waals surface area contributed by atoms with E-state index in [9.17, 15) is 18.0 Å². The van der Waals surface area contributed by atoms with Crippen molar-refractivity contribution in [2.75, 3.05) is 0 Å². The quantitative estimate of drug-likeness (QED) is 0.594. The van der Waals surface area contributed by atoms with Crippen LogP contribution in [0.3, 0.4) is 0 Å². The number of carbonyl (C=O) groups is 1. The van der Waals surface area contributed by atoms with Crippen LogP contribution in [0.5, 0.6) is 0 Å². The Morgan fingerprint density at radius 1 is 1.36 bits per heavy atom. The Balaban J connectivity index is 3.25. The molecule has 0 atom stereocenters. The maximum atomic E-state index is 13.2. The zero-order chi connectivity index (χ0) is 10.9. The van der Waals surface area contributed by atoms with E-state index in [0.717, 1.165) is 0 Å². The fourth-order valence-corrected chi connectivity index (χ4v) is 1.46. The van der Waals surface area contributed by atoms with Crippen LogP contribution in [-0.4, -0.2) is 5.78 Å². The number of halogens is 4. The summed E-state index contributed by atoms with van der Waals surface area (Å²) in [5.41, 5.74) is -0.150. The highest BCUT2D eigenvalue weighted by atomic mass is 79.9. The second-order valence-corrected chi connectivity index (χ2v) is 3.63. The van der Waals surface area contributed by atoms with E-state index in [1.165, 1.54) is 6.92 Å². The summed E-state index contributed by atoms with van der Waals surface area (Å²) in [5.74, 6) is -3.70. The second-order valence-electron chi connectivity index (χ2n) is 2.84. The molecule has 1 aromatic carbocycles. The highest BCUT2D eigenvalue weighted by Gasteiger charge is 2.17. The zero-order valence-electron chi connectivity index (χ0n) is 7.20. The van der Waals surface area contributed by atoms with Crippen molar-refractivity contribution in [2.24, 2.45) is 0 Å². The number of benzene rings is 1. The molecule has 0 spiro atoms. The van der Waals surface area contributed by atoms with Gasteiger partial charge in [0.15, 0.2) is 11.6 Å². The first kappa shape index (κ1) is 11.2. The van der Waals surface area contributed by atoms with Crippen molar-refractivity contribution in [2.45, 2.75) is 13.3 Å². The summed E-state index contributed by atoms with van der Waals surface area (Å²) in [6.07, 6.45) is -0.248. The normalized spacial score (nSPS) is 10.4. The number of rotatable bonds is 2. The van der Waals surface area contributed by atoms with Gasteiger partial charge < -0.3 is 0 Å². The number of ketones is 1. The number of hydrogen-bond donors (Lipinski definition) is 0.